The van der Waals surface area contributed by atoms with E-state index in [1.165, 1.54) is 7.11 Å². The predicted molar refractivity (Wildman–Crippen MR) is 44.0 cm³/mol. The van der Waals surface area contributed by atoms with Crippen molar-refractivity contribution in [3.05, 3.63) is 0 Å². The Bertz CT molecular complexity index is 146. The van der Waals surface area contributed by atoms with E-state index >= 15 is 0 Å². The lowest BCUT2D eigenvalue weighted by atomic mass is 9.96. The smallest absolute Gasteiger partial charge is 0.303 e. The molecule has 4 nitrogen and oxygen atoms in total. The van der Waals surface area contributed by atoms with E-state index in [1.54, 1.807) is 6.92 Å². The maximum absolute atomic E-state index is 10.2. The van der Waals surface area contributed by atoms with Crippen LogP contribution in [0.4, 0.5) is 0 Å². The summed E-state index contributed by atoms with van der Waals surface area (Å²) in [4.78, 5) is 10.2. The van der Waals surface area contributed by atoms with Gasteiger partial charge in [-0.2, -0.15) is 0 Å². The summed E-state index contributed by atoms with van der Waals surface area (Å²) in [5, 5.41) is 18.1. The topological polar surface area (TPSA) is 66.8 Å². The lowest BCUT2D eigenvalue weighted by Crippen LogP contribution is -2.33. The first-order valence-corrected chi connectivity index (χ1v) is 3.97. The van der Waals surface area contributed by atoms with Crippen LogP contribution < -0.4 is 0 Å². The van der Waals surface area contributed by atoms with E-state index in [9.17, 15) is 9.90 Å². The standard InChI is InChI=1S/C8H16O4/c1-3-8(11,6-12-2)5-4-7(9)10/h11H,3-6H2,1-2H3,(H,9,10). The van der Waals surface area contributed by atoms with Crippen LogP contribution in [0.2, 0.25) is 0 Å². The molecular formula is C8H16O4. The Morgan fingerprint density at radius 2 is 2.17 bits per heavy atom. The van der Waals surface area contributed by atoms with Gasteiger partial charge in [-0.3, -0.25) is 4.79 Å². The third-order valence-corrected chi connectivity index (χ3v) is 1.88. The number of methoxy groups -OCH3 is 1. The van der Waals surface area contributed by atoms with E-state index in [-0.39, 0.29) is 19.4 Å². The van der Waals surface area contributed by atoms with E-state index in [0.29, 0.717) is 6.42 Å². The number of hydrogen-bond acceptors (Lipinski definition) is 3. The minimum Gasteiger partial charge on any atom is -0.481 e. The number of aliphatic hydroxyl groups is 1. The Morgan fingerprint density at radius 3 is 2.50 bits per heavy atom. The highest BCUT2D eigenvalue weighted by Gasteiger charge is 2.25. The lowest BCUT2D eigenvalue weighted by Gasteiger charge is -2.24. The van der Waals surface area contributed by atoms with Gasteiger partial charge < -0.3 is 14.9 Å². The Labute approximate surface area is 72.2 Å². The highest BCUT2D eigenvalue weighted by molar-refractivity contribution is 5.66. The van der Waals surface area contributed by atoms with Crippen molar-refractivity contribution in [1.29, 1.82) is 0 Å². The molecule has 0 aliphatic carbocycles. The third kappa shape index (κ3) is 4.31. The van der Waals surface area contributed by atoms with Crippen LogP contribution in [0.3, 0.4) is 0 Å². The largest absolute Gasteiger partial charge is 0.481 e. The number of aliphatic carboxylic acids is 1. The van der Waals surface area contributed by atoms with Crippen LogP contribution in [0.1, 0.15) is 26.2 Å². The molecule has 0 saturated heterocycles. The van der Waals surface area contributed by atoms with Gasteiger partial charge >= 0.3 is 5.97 Å². The zero-order valence-corrected chi connectivity index (χ0v) is 7.54. The van der Waals surface area contributed by atoms with Gasteiger partial charge in [0, 0.05) is 13.5 Å². The Kier molecular flexibility index (Phi) is 4.85. The minimum absolute atomic E-state index is 0.0201. The molecule has 1 atom stereocenters. The van der Waals surface area contributed by atoms with E-state index in [2.05, 4.69) is 0 Å². The van der Waals surface area contributed by atoms with Crippen LogP contribution >= 0.6 is 0 Å². The first-order valence-electron chi connectivity index (χ1n) is 3.97. The quantitative estimate of drug-likeness (QED) is 0.623. The highest BCUT2D eigenvalue weighted by Crippen LogP contribution is 2.17. The average molecular weight is 176 g/mol. The summed E-state index contributed by atoms with van der Waals surface area (Å²) in [5.74, 6) is -0.891. The molecule has 4 heteroatoms. The molecule has 0 aliphatic heterocycles. The van der Waals surface area contributed by atoms with Crippen LogP contribution in [0, 0.1) is 0 Å². The minimum atomic E-state index is -0.979. The van der Waals surface area contributed by atoms with Crippen LogP contribution in [0.15, 0.2) is 0 Å². The molecular weight excluding hydrogens is 160 g/mol. The van der Waals surface area contributed by atoms with Crippen molar-refractivity contribution in [3.63, 3.8) is 0 Å². The van der Waals surface area contributed by atoms with Crippen molar-refractivity contribution in [3.8, 4) is 0 Å². The Balaban J connectivity index is 3.86. The van der Waals surface area contributed by atoms with Gasteiger partial charge in [0.25, 0.3) is 0 Å². The summed E-state index contributed by atoms with van der Waals surface area (Å²) in [7, 11) is 1.49. The summed E-state index contributed by atoms with van der Waals surface area (Å²) in [6, 6.07) is 0. The van der Waals surface area contributed by atoms with Gasteiger partial charge in [0.1, 0.15) is 0 Å². The zero-order chi connectivity index (χ0) is 9.61. The second-order valence-corrected chi connectivity index (χ2v) is 2.90. The van der Waals surface area contributed by atoms with E-state index < -0.39 is 11.6 Å². The van der Waals surface area contributed by atoms with Gasteiger partial charge in [-0.25, -0.2) is 0 Å². The molecule has 12 heavy (non-hydrogen) atoms. The summed E-state index contributed by atoms with van der Waals surface area (Å²) in [6.45, 7) is 2.00. The van der Waals surface area contributed by atoms with Crippen molar-refractivity contribution in [2.45, 2.75) is 31.8 Å². The summed E-state index contributed by atoms with van der Waals surface area (Å²) in [5.41, 5.74) is -0.979. The molecule has 72 valence electrons. The molecule has 0 saturated carbocycles. The fraction of sp³-hybridized carbons (Fsp3) is 0.875. The third-order valence-electron chi connectivity index (χ3n) is 1.88. The van der Waals surface area contributed by atoms with E-state index in [4.69, 9.17) is 9.84 Å². The zero-order valence-electron chi connectivity index (χ0n) is 7.54. The molecule has 0 aromatic rings. The van der Waals surface area contributed by atoms with Crippen molar-refractivity contribution >= 4 is 5.97 Å². The number of carbonyl (C=O) groups is 1. The van der Waals surface area contributed by atoms with Crippen LogP contribution in [0.5, 0.6) is 0 Å². The number of carboxylic acids is 1. The van der Waals surface area contributed by atoms with Gasteiger partial charge in [0.15, 0.2) is 0 Å². The molecule has 0 heterocycles. The molecule has 0 aromatic carbocycles. The fourth-order valence-electron chi connectivity index (χ4n) is 0.959. The highest BCUT2D eigenvalue weighted by atomic mass is 16.5. The van der Waals surface area contributed by atoms with Gasteiger partial charge in [0.2, 0.25) is 0 Å². The van der Waals surface area contributed by atoms with Crippen molar-refractivity contribution in [2.24, 2.45) is 0 Å². The fourth-order valence-corrected chi connectivity index (χ4v) is 0.959. The van der Waals surface area contributed by atoms with Gasteiger partial charge in [-0.05, 0) is 12.8 Å². The summed E-state index contributed by atoms with van der Waals surface area (Å²) in [6.07, 6.45) is 0.731. The molecule has 2 N–H and O–H groups in total. The molecule has 0 fully saturated rings. The molecule has 1 unspecified atom stereocenters. The monoisotopic (exact) mass is 176 g/mol. The van der Waals surface area contributed by atoms with Gasteiger partial charge in [-0.15, -0.1) is 0 Å². The first kappa shape index (κ1) is 11.4. The first-order chi connectivity index (χ1) is 5.54. The SMILES string of the molecule is CCC(O)(CCC(=O)O)COC. The summed E-state index contributed by atoms with van der Waals surface area (Å²) >= 11 is 0. The lowest BCUT2D eigenvalue weighted by molar-refractivity contribution is -0.139. The second kappa shape index (κ2) is 5.11. The average Bonchev–Trinajstić information content (AvgIpc) is 2.02. The number of hydrogen-bond donors (Lipinski definition) is 2. The molecule has 0 aliphatic rings. The maximum Gasteiger partial charge on any atom is 0.303 e. The van der Waals surface area contributed by atoms with Crippen molar-refractivity contribution < 1.29 is 19.7 Å². The molecule has 0 bridgehead atoms. The molecule has 0 radical (unpaired) electrons. The van der Waals surface area contributed by atoms with Gasteiger partial charge in [-0.1, -0.05) is 6.92 Å². The van der Waals surface area contributed by atoms with Crippen molar-refractivity contribution in [1.82, 2.24) is 0 Å². The normalized spacial score (nSPS) is 15.6. The molecule has 0 spiro atoms. The van der Waals surface area contributed by atoms with Gasteiger partial charge in [0.05, 0.1) is 12.2 Å². The van der Waals surface area contributed by atoms with E-state index in [1.807, 2.05) is 0 Å². The van der Waals surface area contributed by atoms with Crippen LogP contribution in [0.25, 0.3) is 0 Å². The Morgan fingerprint density at radius 1 is 1.58 bits per heavy atom. The molecule has 0 aromatic heterocycles. The molecule has 0 rings (SSSR count). The van der Waals surface area contributed by atoms with Crippen molar-refractivity contribution in [2.75, 3.05) is 13.7 Å². The van der Waals surface area contributed by atoms with E-state index in [0.717, 1.165) is 0 Å². The Hall–Kier alpha value is -0.610. The second-order valence-electron chi connectivity index (χ2n) is 2.90. The number of ether oxygens (including phenoxy) is 1. The number of carboxylic acid groups (broad SMARTS) is 1. The predicted octanol–water partition coefficient (Wildman–Crippen LogP) is 0.639. The maximum atomic E-state index is 10.2. The van der Waals surface area contributed by atoms with Crippen LogP contribution in [-0.4, -0.2) is 35.5 Å². The molecule has 0 amide bonds. The summed E-state index contributed by atoms with van der Waals surface area (Å²) < 4.78 is 4.79. The number of rotatable bonds is 6. The van der Waals surface area contributed by atoms with Crippen LogP contribution in [-0.2, 0) is 9.53 Å².